The van der Waals surface area contributed by atoms with E-state index in [1.807, 2.05) is 0 Å². The van der Waals surface area contributed by atoms with E-state index >= 15 is 0 Å². The van der Waals surface area contributed by atoms with Gasteiger partial charge in [-0.2, -0.15) is 0 Å². The van der Waals surface area contributed by atoms with Crippen LogP contribution in [0.1, 0.15) is 10.5 Å². The maximum Gasteiger partial charge on any atom is 0.273 e. The van der Waals surface area contributed by atoms with Gasteiger partial charge in [-0.3, -0.25) is 9.20 Å². The number of nitrogens with zero attached hydrogens (tertiary/aromatic N) is 2. The molecule has 0 aliphatic carbocycles. The Kier molecular flexibility index (Phi) is 3.96. The van der Waals surface area contributed by atoms with E-state index in [0.717, 1.165) is 12.1 Å². The van der Waals surface area contributed by atoms with Crippen LogP contribution in [0.25, 0.3) is 16.2 Å². The lowest BCUT2D eigenvalue weighted by molar-refractivity contribution is 0.102. The molecule has 0 spiro atoms. The number of hydrogen-bond donors (Lipinski definition) is 1. The third kappa shape index (κ3) is 2.95. The minimum absolute atomic E-state index is 0.145. The number of anilines is 1. The molecule has 0 atom stereocenters. The number of carbonyl (C=O) groups excluding carboxylic acids is 1. The number of thiazole rings is 1. The zero-order valence-electron chi connectivity index (χ0n) is 13.0. The Labute approximate surface area is 149 Å². The molecule has 0 radical (unpaired) electrons. The summed E-state index contributed by atoms with van der Waals surface area (Å²) in [6.45, 7) is 0. The van der Waals surface area contributed by atoms with Crippen molar-refractivity contribution in [2.45, 2.75) is 0 Å². The van der Waals surface area contributed by atoms with E-state index in [4.69, 9.17) is 0 Å². The van der Waals surface area contributed by atoms with E-state index in [0.29, 0.717) is 21.9 Å². The summed E-state index contributed by atoms with van der Waals surface area (Å²) in [5, 5.41) is 4.14. The molecule has 0 fully saturated rings. The van der Waals surface area contributed by atoms with Crippen molar-refractivity contribution in [1.29, 1.82) is 0 Å². The van der Waals surface area contributed by atoms with E-state index in [9.17, 15) is 18.0 Å². The fraction of sp³-hybridized carbons (Fsp3) is 0. The first-order chi connectivity index (χ1) is 12.5. The molecule has 2 aromatic carbocycles. The molecule has 0 aliphatic heterocycles. The third-order valence-electron chi connectivity index (χ3n) is 3.76. The Morgan fingerprint density at radius 3 is 2.54 bits per heavy atom. The number of hydrogen-bond acceptors (Lipinski definition) is 3. The normalized spacial score (nSPS) is 11.0. The van der Waals surface area contributed by atoms with Crippen molar-refractivity contribution in [3.8, 4) is 11.3 Å². The number of rotatable bonds is 3. The molecule has 0 bridgehead atoms. The van der Waals surface area contributed by atoms with Crippen molar-refractivity contribution >= 4 is 27.9 Å². The molecule has 4 aromatic rings. The highest BCUT2D eigenvalue weighted by Crippen LogP contribution is 2.24. The fourth-order valence-electron chi connectivity index (χ4n) is 2.48. The van der Waals surface area contributed by atoms with Gasteiger partial charge in [-0.05, 0) is 36.4 Å². The first-order valence-corrected chi connectivity index (χ1v) is 8.38. The monoisotopic (exact) mass is 373 g/mol. The molecule has 2 aromatic heterocycles. The van der Waals surface area contributed by atoms with Crippen molar-refractivity contribution < 1.29 is 18.0 Å². The number of halogens is 3. The summed E-state index contributed by atoms with van der Waals surface area (Å²) in [6.07, 6.45) is 1.67. The molecule has 0 unspecified atom stereocenters. The second-order valence-corrected chi connectivity index (χ2v) is 6.33. The van der Waals surface area contributed by atoms with E-state index in [2.05, 4.69) is 10.3 Å². The van der Waals surface area contributed by atoms with Crippen LogP contribution in [0.4, 0.5) is 18.9 Å². The first kappa shape index (κ1) is 16.3. The van der Waals surface area contributed by atoms with Crippen molar-refractivity contribution in [2.75, 3.05) is 5.32 Å². The van der Waals surface area contributed by atoms with Gasteiger partial charge in [0.2, 0.25) is 0 Å². The topological polar surface area (TPSA) is 46.4 Å². The summed E-state index contributed by atoms with van der Waals surface area (Å²) in [7, 11) is 0. The zero-order chi connectivity index (χ0) is 18.3. The van der Waals surface area contributed by atoms with Gasteiger partial charge in [0.15, 0.2) is 16.6 Å². The Balaban J connectivity index is 1.64. The smallest absolute Gasteiger partial charge is 0.273 e. The van der Waals surface area contributed by atoms with Gasteiger partial charge in [-0.15, -0.1) is 11.3 Å². The lowest BCUT2D eigenvalue weighted by Gasteiger charge is -2.04. The summed E-state index contributed by atoms with van der Waals surface area (Å²) >= 11 is 1.26. The predicted octanol–water partition coefficient (Wildman–Crippen LogP) is 4.73. The molecule has 1 amide bonds. The van der Waals surface area contributed by atoms with E-state index in [1.165, 1.54) is 29.5 Å². The van der Waals surface area contributed by atoms with E-state index < -0.39 is 17.5 Å². The summed E-state index contributed by atoms with van der Waals surface area (Å²) in [6, 6.07) is 9.00. The summed E-state index contributed by atoms with van der Waals surface area (Å²) in [4.78, 5) is 17.5. The van der Waals surface area contributed by atoms with Crippen LogP contribution in [0, 0.1) is 17.5 Å². The van der Waals surface area contributed by atoms with Crippen LogP contribution in [-0.2, 0) is 0 Å². The van der Waals surface area contributed by atoms with E-state index in [-0.39, 0.29) is 11.5 Å². The van der Waals surface area contributed by atoms with Gasteiger partial charge >= 0.3 is 0 Å². The standard InChI is InChI=1S/C18H10F3N3OS/c19-11-3-1-10(2-4-11)15-8-24-16(9-26-18(24)23-15)17(25)22-12-5-6-13(20)14(21)7-12/h1-9H,(H,22,25). The summed E-state index contributed by atoms with van der Waals surface area (Å²) < 4.78 is 40.9. The van der Waals surface area contributed by atoms with Crippen LogP contribution in [0.3, 0.4) is 0 Å². The van der Waals surface area contributed by atoms with Crippen LogP contribution >= 0.6 is 11.3 Å². The molecule has 8 heteroatoms. The number of imidazole rings is 1. The second-order valence-electron chi connectivity index (χ2n) is 5.49. The number of benzene rings is 2. The average molecular weight is 373 g/mol. The van der Waals surface area contributed by atoms with Crippen molar-refractivity contribution in [3.05, 3.63) is 77.2 Å². The number of amides is 1. The Morgan fingerprint density at radius 2 is 1.81 bits per heavy atom. The predicted molar refractivity (Wildman–Crippen MR) is 92.8 cm³/mol. The van der Waals surface area contributed by atoms with Crippen LogP contribution in [0.2, 0.25) is 0 Å². The average Bonchev–Trinajstić information content (AvgIpc) is 3.19. The molecule has 1 N–H and O–H groups in total. The van der Waals surface area contributed by atoms with Crippen LogP contribution in [0.5, 0.6) is 0 Å². The highest BCUT2D eigenvalue weighted by atomic mass is 32.1. The Morgan fingerprint density at radius 1 is 1.04 bits per heavy atom. The minimum Gasteiger partial charge on any atom is -0.321 e. The largest absolute Gasteiger partial charge is 0.321 e. The molecular weight excluding hydrogens is 363 g/mol. The van der Waals surface area contributed by atoms with Gasteiger partial charge in [0.05, 0.1) is 5.69 Å². The van der Waals surface area contributed by atoms with Crippen molar-refractivity contribution in [3.63, 3.8) is 0 Å². The number of carbonyl (C=O) groups is 1. The van der Waals surface area contributed by atoms with Gasteiger partial charge in [-0.1, -0.05) is 0 Å². The molecule has 130 valence electrons. The number of aromatic nitrogens is 2. The molecule has 0 aliphatic rings. The lowest BCUT2D eigenvalue weighted by atomic mass is 10.2. The first-order valence-electron chi connectivity index (χ1n) is 7.50. The van der Waals surface area contributed by atoms with Crippen LogP contribution in [0.15, 0.2) is 54.0 Å². The molecule has 4 rings (SSSR count). The molecule has 0 saturated carbocycles. The van der Waals surface area contributed by atoms with Gasteiger partial charge in [0, 0.05) is 28.9 Å². The maximum absolute atomic E-state index is 13.3. The summed E-state index contributed by atoms with van der Waals surface area (Å²) in [5.74, 6) is -2.86. The fourth-order valence-corrected chi connectivity index (χ4v) is 3.33. The van der Waals surface area contributed by atoms with Gasteiger partial charge in [0.25, 0.3) is 5.91 Å². The zero-order valence-corrected chi connectivity index (χ0v) is 13.9. The second kappa shape index (κ2) is 6.30. The highest BCUT2D eigenvalue weighted by molar-refractivity contribution is 7.15. The van der Waals surface area contributed by atoms with Crippen LogP contribution < -0.4 is 5.32 Å². The third-order valence-corrected chi connectivity index (χ3v) is 4.60. The van der Waals surface area contributed by atoms with Crippen molar-refractivity contribution in [1.82, 2.24) is 9.38 Å². The molecule has 0 saturated heterocycles. The molecule has 26 heavy (non-hydrogen) atoms. The molecule has 2 heterocycles. The van der Waals surface area contributed by atoms with Crippen molar-refractivity contribution in [2.24, 2.45) is 0 Å². The minimum atomic E-state index is -1.04. The Hall–Kier alpha value is -3.13. The number of nitrogens with one attached hydrogen (secondary N) is 1. The quantitative estimate of drug-likeness (QED) is 0.564. The van der Waals surface area contributed by atoms with Crippen LogP contribution in [-0.4, -0.2) is 15.3 Å². The SMILES string of the molecule is O=C(Nc1ccc(F)c(F)c1)c1csc2nc(-c3ccc(F)cc3)cn12. The van der Waals surface area contributed by atoms with Gasteiger partial charge < -0.3 is 5.32 Å². The summed E-state index contributed by atoms with van der Waals surface area (Å²) in [5.41, 5.74) is 1.76. The maximum atomic E-state index is 13.3. The Bertz CT molecular complexity index is 1120. The number of fused-ring (bicyclic) bond motifs is 1. The molecule has 4 nitrogen and oxygen atoms in total. The molecular formula is C18H10F3N3OS. The highest BCUT2D eigenvalue weighted by Gasteiger charge is 2.16. The lowest BCUT2D eigenvalue weighted by Crippen LogP contribution is -2.14. The van der Waals surface area contributed by atoms with Gasteiger partial charge in [0.1, 0.15) is 11.5 Å². The van der Waals surface area contributed by atoms with Gasteiger partial charge in [-0.25, -0.2) is 18.2 Å². The van der Waals surface area contributed by atoms with E-state index in [1.54, 1.807) is 28.1 Å².